The lowest BCUT2D eigenvalue weighted by Gasteiger charge is -2.06. The van der Waals surface area contributed by atoms with Crippen molar-refractivity contribution in [2.45, 2.75) is 26.7 Å². The molecule has 6 nitrogen and oxygen atoms in total. The topological polar surface area (TPSA) is 95.4 Å². The molecule has 0 amide bonds. The second-order valence-corrected chi connectivity index (χ2v) is 4.38. The predicted octanol–water partition coefficient (Wildman–Crippen LogP) is 2.17. The third-order valence-electron chi connectivity index (χ3n) is 3.17. The van der Waals surface area contributed by atoms with E-state index in [1.165, 1.54) is 0 Å². The van der Waals surface area contributed by atoms with Gasteiger partial charge in [-0.05, 0) is 24.6 Å². The Labute approximate surface area is 122 Å². The van der Waals surface area contributed by atoms with Crippen molar-refractivity contribution in [1.29, 1.82) is 10.5 Å². The van der Waals surface area contributed by atoms with Crippen LogP contribution in [0, 0.1) is 22.7 Å². The summed E-state index contributed by atoms with van der Waals surface area (Å²) in [5.74, 6) is -0.0627. The number of carbonyl (C=O) groups is 1. The van der Waals surface area contributed by atoms with Gasteiger partial charge in [0.15, 0.2) is 11.5 Å². The molecule has 0 radical (unpaired) electrons. The number of carbonyl (C=O) groups excluding carboxylic acids is 1. The molecule has 2 rings (SSSR count). The van der Waals surface area contributed by atoms with Crippen molar-refractivity contribution in [3.63, 3.8) is 0 Å². The smallest absolute Gasteiger partial charge is 0.184 e. The van der Waals surface area contributed by atoms with E-state index in [4.69, 9.17) is 10.5 Å². The monoisotopic (exact) mass is 279 g/mol. The second-order valence-electron chi connectivity index (χ2n) is 4.38. The first-order chi connectivity index (χ1) is 10.2. The fraction of sp³-hybridized carbons (Fsp3) is 0.267. The molecular formula is C15H13N5O. The van der Waals surface area contributed by atoms with Crippen molar-refractivity contribution in [2.75, 3.05) is 0 Å². The van der Waals surface area contributed by atoms with Gasteiger partial charge in [-0.25, -0.2) is 4.68 Å². The molecular weight excluding hydrogens is 266 g/mol. The number of benzene rings is 1. The maximum atomic E-state index is 11.9. The number of nitrogens with zero attached hydrogens (tertiary/aromatic N) is 5. The molecule has 0 bridgehead atoms. The fourth-order valence-corrected chi connectivity index (χ4v) is 2.06. The molecule has 0 N–H and O–H groups in total. The number of nitriles is 2. The molecule has 2 aromatic rings. The van der Waals surface area contributed by atoms with E-state index in [9.17, 15) is 4.79 Å². The number of rotatable bonds is 4. The molecule has 0 unspecified atom stereocenters. The highest BCUT2D eigenvalue weighted by atomic mass is 16.1. The molecule has 1 aromatic carbocycles. The molecule has 1 heterocycles. The Bertz CT molecular complexity index is 776. The lowest BCUT2D eigenvalue weighted by molar-refractivity contribution is 0.0982. The van der Waals surface area contributed by atoms with Gasteiger partial charge in [0.05, 0.1) is 22.5 Å². The summed E-state index contributed by atoms with van der Waals surface area (Å²) in [5, 5.41) is 26.0. The average molecular weight is 279 g/mol. The highest BCUT2D eigenvalue weighted by molar-refractivity contribution is 5.95. The number of ketones is 1. The van der Waals surface area contributed by atoms with Crippen molar-refractivity contribution in [3.8, 4) is 17.8 Å². The minimum Gasteiger partial charge on any atom is -0.292 e. The summed E-state index contributed by atoms with van der Waals surface area (Å²) >= 11 is 0. The Morgan fingerprint density at radius 1 is 1.24 bits per heavy atom. The summed E-state index contributed by atoms with van der Waals surface area (Å²) < 4.78 is 1.55. The molecule has 0 saturated carbocycles. The Morgan fingerprint density at radius 3 is 2.52 bits per heavy atom. The van der Waals surface area contributed by atoms with E-state index in [0.717, 1.165) is 0 Å². The lowest BCUT2D eigenvalue weighted by atomic mass is 10.1. The van der Waals surface area contributed by atoms with Crippen molar-refractivity contribution in [1.82, 2.24) is 15.0 Å². The largest absolute Gasteiger partial charge is 0.292 e. The molecule has 0 saturated heterocycles. The molecule has 0 aliphatic carbocycles. The van der Waals surface area contributed by atoms with Crippen LogP contribution in [0.4, 0.5) is 0 Å². The van der Waals surface area contributed by atoms with E-state index < -0.39 is 0 Å². The van der Waals surface area contributed by atoms with E-state index >= 15 is 0 Å². The van der Waals surface area contributed by atoms with Gasteiger partial charge < -0.3 is 0 Å². The third-order valence-corrected chi connectivity index (χ3v) is 3.17. The zero-order valence-electron chi connectivity index (χ0n) is 11.8. The minimum absolute atomic E-state index is 0.0627. The summed E-state index contributed by atoms with van der Waals surface area (Å²) in [4.78, 5) is 11.9. The van der Waals surface area contributed by atoms with Gasteiger partial charge >= 0.3 is 0 Å². The molecule has 0 aliphatic rings. The van der Waals surface area contributed by atoms with Crippen LogP contribution in [0.3, 0.4) is 0 Å². The average Bonchev–Trinajstić information content (AvgIpc) is 2.97. The maximum Gasteiger partial charge on any atom is 0.184 e. The summed E-state index contributed by atoms with van der Waals surface area (Å²) in [6.07, 6.45) is 0.957. The minimum atomic E-state index is -0.0627. The first-order valence-corrected chi connectivity index (χ1v) is 6.58. The van der Waals surface area contributed by atoms with Crippen LogP contribution in [0.1, 0.15) is 47.6 Å². The van der Waals surface area contributed by atoms with E-state index in [-0.39, 0.29) is 11.3 Å². The van der Waals surface area contributed by atoms with Crippen LogP contribution in [-0.4, -0.2) is 20.8 Å². The van der Waals surface area contributed by atoms with Crippen molar-refractivity contribution < 1.29 is 4.79 Å². The molecule has 0 spiro atoms. The first kappa shape index (κ1) is 14.4. The fourth-order valence-electron chi connectivity index (χ4n) is 2.06. The second kappa shape index (κ2) is 5.98. The number of Topliss-reactive ketones (excluding diaryl/α,β-unsaturated/α-hetero) is 1. The quantitative estimate of drug-likeness (QED) is 0.799. The standard InChI is InChI=1S/C15H13N5O/c1-3-13-15(14(21)4-2)18-19-20(13)12-6-5-10(8-16)11(7-12)9-17/h5-7H,3-4H2,1-2H3. The summed E-state index contributed by atoms with van der Waals surface area (Å²) in [7, 11) is 0. The summed E-state index contributed by atoms with van der Waals surface area (Å²) in [6.45, 7) is 3.69. The Hall–Kier alpha value is -2.99. The van der Waals surface area contributed by atoms with Crippen LogP contribution in [0.5, 0.6) is 0 Å². The van der Waals surface area contributed by atoms with Crippen molar-refractivity contribution >= 4 is 5.78 Å². The summed E-state index contributed by atoms with van der Waals surface area (Å²) in [6, 6.07) is 8.78. The lowest BCUT2D eigenvalue weighted by Crippen LogP contribution is -2.06. The predicted molar refractivity (Wildman–Crippen MR) is 74.8 cm³/mol. The van der Waals surface area contributed by atoms with E-state index in [1.54, 1.807) is 29.8 Å². The normalized spacial score (nSPS) is 9.90. The molecule has 104 valence electrons. The van der Waals surface area contributed by atoms with E-state index in [2.05, 4.69) is 10.3 Å². The zero-order chi connectivity index (χ0) is 15.4. The highest BCUT2D eigenvalue weighted by Crippen LogP contribution is 2.18. The molecule has 0 fully saturated rings. The highest BCUT2D eigenvalue weighted by Gasteiger charge is 2.18. The third kappa shape index (κ3) is 2.52. The first-order valence-electron chi connectivity index (χ1n) is 6.58. The Balaban J connectivity index is 2.58. The van der Waals surface area contributed by atoms with E-state index in [1.807, 2.05) is 19.1 Å². The maximum absolute atomic E-state index is 11.9. The zero-order valence-corrected chi connectivity index (χ0v) is 11.8. The van der Waals surface area contributed by atoms with Crippen molar-refractivity contribution in [2.24, 2.45) is 0 Å². The van der Waals surface area contributed by atoms with Gasteiger partial charge in [-0.2, -0.15) is 10.5 Å². The molecule has 0 aliphatic heterocycles. The van der Waals surface area contributed by atoms with Crippen LogP contribution in [0.15, 0.2) is 18.2 Å². The number of hydrogen-bond acceptors (Lipinski definition) is 5. The van der Waals surface area contributed by atoms with Crippen LogP contribution < -0.4 is 0 Å². The SMILES string of the molecule is CCC(=O)c1nnn(-c2ccc(C#N)c(C#N)c2)c1CC. The molecule has 1 aromatic heterocycles. The summed E-state index contributed by atoms with van der Waals surface area (Å²) in [5.41, 5.74) is 2.27. The molecule has 21 heavy (non-hydrogen) atoms. The van der Waals surface area contributed by atoms with Crippen LogP contribution in [0.25, 0.3) is 5.69 Å². The van der Waals surface area contributed by atoms with Crippen LogP contribution in [0.2, 0.25) is 0 Å². The van der Waals surface area contributed by atoms with Gasteiger partial charge in [0.1, 0.15) is 12.1 Å². The number of hydrogen-bond donors (Lipinski definition) is 0. The molecule has 0 atom stereocenters. The van der Waals surface area contributed by atoms with Gasteiger partial charge in [-0.3, -0.25) is 4.79 Å². The van der Waals surface area contributed by atoms with Gasteiger partial charge in [0, 0.05) is 6.42 Å². The van der Waals surface area contributed by atoms with Crippen LogP contribution in [-0.2, 0) is 6.42 Å². The Morgan fingerprint density at radius 2 is 1.95 bits per heavy atom. The Kier molecular flexibility index (Phi) is 4.10. The number of aromatic nitrogens is 3. The van der Waals surface area contributed by atoms with Crippen LogP contribution >= 0.6 is 0 Å². The molecule has 6 heteroatoms. The van der Waals surface area contributed by atoms with Gasteiger partial charge in [-0.1, -0.05) is 19.1 Å². The van der Waals surface area contributed by atoms with E-state index in [0.29, 0.717) is 35.5 Å². The van der Waals surface area contributed by atoms with Gasteiger partial charge in [-0.15, -0.1) is 5.10 Å². The van der Waals surface area contributed by atoms with Gasteiger partial charge in [0.25, 0.3) is 0 Å². The van der Waals surface area contributed by atoms with Crippen molar-refractivity contribution in [3.05, 3.63) is 40.7 Å². The van der Waals surface area contributed by atoms with Gasteiger partial charge in [0.2, 0.25) is 0 Å².